The molecule has 0 aromatic rings. The summed E-state index contributed by atoms with van der Waals surface area (Å²) in [6.45, 7) is 0.320. The van der Waals surface area contributed by atoms with Crippen LogP contribution in [-0.2, 0) is 19.2 Å². The van der Waals surface area contributed by atoms with Gasteiger partial charge in [0, 0.05) is 25.9 Å². The fourth-order valence-corrected chi connectivity index (χ4v) is 3.33. The van der Waals surface area contributed by atoms with E-state index in [1.807, 2.05) is 12.5 Å². The van der Waals surface area contributed by atoms with Crippen LogP contribution < -0.4 is 21.3 Å². The molecule has 26 heavy (non-hydrogen) atoms. The lowest BCUT2D eigenvalue weighted by Gasteiger charge is -2.21. The van der Waals surface area contributed by atoms with Gasteiger partial charge in [0.05, 0.1) is 0 Å². The summed E-state index contributed by atoms with van der Waals surface area (Å²) in [6.07, 6.45) is 5.03. The Labute approximate surface area is 162 Å². The average molecular weight is 405 g/mol. The van der Waals surface area contributed by atoms with E-state index in [9.17, 15) is 19.2 Å². The van der Waals surface area contributed by atoms with E-state index in [4.69, 9.17) is 0 Å². The molecule has 0 bridgehead atoms. The van der Waals surface area contributed by atoms with Gasteiger partial charge in [0.1, 0.15) is 12.1 Å². The zero-order valence-electron chi connectivity index (χ0n) is 15.3. The number of rotatable bonds is 6. The van der Waals surface area contributed by atoms with Crippen LogP contribution in [0.1, 0.15) is 25.7 Å². The maximum atomic E-state index is 12.3. The zero-order chi connectivity index (χ0) is 19.4. The predicted octanol–water partition coefficient (Wildman–Crippen LogP) is -0.512. The van der Waals surface area contributed by atoms with Gasteiger partial charge in [-0.05, 0) is 36.9 Å². The van der Waals surface area contributed by atoms with Gasteiger partial charge in [-0.2, -0.15) is 23.5 Å². The van der Waals surface area contributed by atoms with Crippen molar-refractivity contribution in [2.24, 2.45) is 0 Å². The van der Waals surface area contributed by atoms with Crippen molar-refractivity contribution in [2.45, 2.75) is 37.8 Å². The molecule has 1 aliphatic heterocycles. The van der Waals surface area contributed by atoms with E-state index >= 15 is 0 Å². The van der Waals surface area contributed by atoms with Crippen LogP contribution in [0.5, 0.6) is 0 Å². The van der Waals surface area contributed by atoms with Gasteiger partial charge in [0.15, 0.2) is 0 Å². The van der Waals surface area contributed by atoms with Gasteiger partial charge in [-0.15, -0.1) is 0 Å². The molecule has 1 saturated heterocycles. The van der Waals surface area contributed by atoms with E-state index < -0.39 is 12.1 Å². The van der Waals surface area contributed by atoms with Crippen LogP contribution in [0, 0.1) is 0 Å². The summed E-state index contributed by atoms with van der Waals surface area (Å²) in [5.74, 6) is 0.307. The molecule has 0 spiro atoms. The quantitative estimate of drug-likeness (QED) is 0.474. The molecule has 0 aromatic carbocycles. The highest BCUT2D eigenvalue weighted by Crippen LogP contribution is 2.04. The summed E-state index contributed by atoms with van der Waals surface area (Å²) < 4.78 is 0. The van der Waals surface area contributed by atoms with Crippen molar-refractivity contribution in [1.82, 2.24) is 21.3 Å². The van der Waals surface area contributed by atoms with Gasteiger partial charge in [-0.1, -0.05) is 0 Å². The van der Waals surface area contributed by atoms with Gasteiger partial charge >= 0.3 is 0 Å². The van der Waals surface area contributed by atoms with Crippen LogP contribution in [0.4, 0.5) is 0 Å². The first kappa shape index (κ1) is 22.6. The summed E-state index contributed by atoms with van der Waals surface area (Å²) in [5, 5.41) is 10.8. The molecule has 2 atom stereocenters. The monoisotopic (exact) mass is 404 g/mol. The molecule has 4 N–H and O–H groups in total. The summed E-state index contributed by atoms with van der Waals surface area (Å²) in [7, 11) is 0. The van der Waals surface area contributed by atoms with Crippen molar-refractivity contribution in [3.8, 4) is 0 Å². The van der Waals surface area contributed by atoms with E-state index in [-0.39, 0.29) is 49.6 Å². The zero-order valence-corrected chi connectivity index (χ0v) is 16.9. The van der Waals surface area contributed by atoms with E-state index in [2.05, 4.69) is 21.3 Å². The fourth-order valence-electron chi connectivity index (χ4n) is 2.39. The first-order valence-corrected chi connectivity index (χ1v) is 11.4. The van der Waals surface area contributed by atoms with Gasteiger partial charge in [0.2, 0.25) is 23.6 Å². The minimum Gasteiger partial charge on any atom is -0.354 e. The minimum absolute atomic E-state index is 0.0813. The number of thioether (sulfide) groups is 2. The van der Waals surface area contributed by atoms with Crippen LogP contribution in [0.3, 0.4) is 0 Å². The highest BCUT2D eigenvalue weighted by molar-refractivity contribution is 7.98. The van der Waals surface area contributed by atoms with Gasteiger partial charge in [-0.3, -0.25) is 19.2 Å². The number of carbonyl (C=O) groups is 4. The first-order chi connectivity index (χ1) is 12.5. The standard InChI is InChI=1S/C16H28N4O4S2/c1-25-9-5-11-15(23)17-7-4-14(22)20-12(6-10-26-2)16(24)18-8-3-13(21)19-11/h11-12H,3-10H2,1-2H3,(H,17,23)(H,18,24)(H,19,21)(H,20,22)/t11-,12-/m0/s1. The fraction of sp³-hybridized carbons (Fsp3) is 0.750. The molecule has 1 rings (SSSR count). The van der Waals surface area contributed by atoms with Crippen molar-refractivity contribution in [3.05, 3.63) is 0 Å². The van der Waals surface area contributed by atoms with Crippen molar-refractivity contribution in [1.29, 1.82) is 0 Å². The molecule has 1 fully saturated rings. The SMILES string of the molecule is CSCC[C@@H]1NC(=O)CCNC(=O)[C@H](CCSC)NC(=O)CCNC1=O. The Morgan fingerprint density at radius 2 is 1.15 bits per heavy atom. The average Bonchev–Trinajstić information content (AvgIpc) is 2.61. The van der Waals surface area contributed by atoms with Gasteiger partial charge < -0.3 is 21.3 Å². The van der Waals surface area contributed by atoms with Crippen molar-refractivity contribution < 1.29 is 19.2 Å². The Bertz CT molecular complexity index is 461. The first-order valence-electron chi connectivity index (χ1n) is 8.60. The highest BCUT2D eigenvalue weighted by atomic mass is 32.2. The molecule has 1 heterocycles. The Morgan fingerprint density at radius 1 is 0.769 bits per heavy atom. The van der Waals surface area contributed by atoms with Crippen LogP contribution in [0.2, 0.25) is 0 Å². The predicted molar refractivity (Wildman–Crippen MR) is 105 cm³/mol. The molecule has 0 saturated carbocycles. The van der Waals surface area contributed by atoms with E-state index in [1.165, 1.54) is 0 Å². The van der Waals surface area contributed by atoms with Crippen LogP contribution in [0.25, 0.3) is 0 Å². The van der Waals surface area contributed by atoms with E-state index in [1.54, 1.807) is 23.5 Å². The maximum Gasteiger partial charge on any atom is 0.242 e. The third-order valence-electron chi connectivity index (χ3n) is 3.83. The van der Waals surface area contributed by atoms with Crippen molar-refractivity contribution in [2.75, 3.05) is 37.1 Å². The lowest BCUT2D eigenvalue weighted by molar-refractivity contribution is -0.131. The lowest BCUT2D eigenvalue weighted by atomic mass is 10.1. The number of hydrogen-bond acceptors (Lipinski definition) is 6. The smallest absolute Gasteiger partial charge is 0.242 e. The molecule has 0 aliphatic carbocycles. The number of carbonyl (C=O) groups excluding carboxylic acids is 4. The Hall–Kier alpha value is -1.42. The molecular formula is C16H28N4O4S2. The molecule has 0 unspecified atom stereocenters. The van der Waals surface area contributed by atoms with Crippen molar-refractivity contribution in [3.63, 3.8) is 0 Å². The molecule has 0 radical (unpaired) electrons. The number of amides is 4. The third-order valence-corrected chi connectivity index (χ3v) is 5.12. The number of hydrogen-bond donors (Lipinski definition) is 4. The third kappa shape index (κ3) is 8.79. The topological polar surface area (TPSA) is 116 Å². The van der Waals surface area contributed by atoms with Crippen LogP contribution in [-0.4, -0.2) is 72.8 Å². The summed E-state index contributed by atoms with van der Waals surface area (Å²) in [6, 6.07) is -1.27. The normalized spacial score (nSPS) is 23.3. The Morgan fingerprint density at radius 3 is 1.50 bits per heavy atom. The van der Waals surface area contributed by atoms with Crippen LogP contribution >= 0.6 is 23.5 Å². The summed E-state index contributed by atoms with van der Waals surface area (Å²) >= 11 is 3.17. The maximum absolute atomic E-state index is 12.3. The second kappa shape index (κ2) is 12.9. The Kier molecular flexibility index (Phi) is 11.2. The minimum atomic E-state index is -0.633. The van der Waals surface area contributed by atoms with E-state index in [0.29, 0.717) is 12.8 Å². The molecule has 148 valence electrons. The molecule has 4 amide bonds. The molecule has 8 nitrogen and oxygen atoms in total. The molecule has 0 aromatic heterocycles. The van der Waals surface area contributed by atoms with Gasteiger partial charge in [-0.25, -0.2) is 0 Å². The van der Waals surface area contributed by atoms with Gasteiger partial charge in [0.25, 0.3) is 0 Å². The van der Waals surface area contributed by atoms with Crippen molar-refractivity contribution >= 4 is 47.2 Å². The summed E-state index contributed by atoms with van der Waals surface area (Å²) in [5.41, 5.74) is 0. The van der Waals surface area contributed by atoms with Crippen LogP contribution in [0.15, 0.2) is 0 Å². The second-order valence-electron chi connectivity index (χ2n) is 5.89. The lowest BCUT2D eigenvalue weighted by Crippen LogP contribution is -2.51. The molecular weight excluding hydrogens is 376 g/mol. The number of nitrogens with one attached hydrogen (secondary N) is 4. The Balaban J connectivity index is 2.75. The second-order valence-corrected chi connectivity index (χ2v) is 7.86. The van der Waals surface area contributed by atoms with E-state index in [0.717, 1.165) is 11.5 Å². The summed E-state index contributed by atoms with van der Waals surface area (Å²) in [4.78, 5) is 48.6. The molecule has 1 aliphatic rings. The largest absolute Gasteiger partial charge is 0.354 e. The molecule has 10 heteroatoms. The highest BCUT2D eigenvalue weighted by Gasteiger charge is 2.23.